The number of likely N-dealkylation sites (N-methyl/N-ethyl adjacent to an activating group) is 1. The first-order valence-corrected chi connectivity index (χ1v) is 5.64. The zero-order valence-corrected chi connectivity index (χ0v) is 10.7. The molecule has 0 aliphatic heterocycles. The van der Waals surface area contributed by atoms with Crippen molar-refractivity contribution < 1.29 is 4.39 Å². The Bertz CT molecular complexity index is 374. The molecular weight excluding hydrogens is 257 g/mol. The molecule has 1 N–H and O–H groups in total. The zero-order valence-electron chi connectivity index (χ0n) is 9.14. The number of halogens is 2. The van der Waals surface area contributed by atoms with Crippen LogP contribution in [0.5, 0.6) is 0 Å². The molecule has 0 amide bonds. The van der Waals surface area contributed by atoms with Gasteiger partial charge in [-0.2, -0.15) is 0 Å². The molecule has 1 nitrogen and oxygen atoms in total. The summed E-state index contributed by atoms with van der Waals surface area (Å²) in [6, 6.07) is 5.34. The molecule has 0 fully saturated rings. The van der Waals surface area contributed by atoms with E-state index in [1.807, 2.05) is 33.0 Å². The molecule has 1 unspecified atom stereocenters. The van der Waals surface area contributed by atoms with Gasteiger partial charge in [0.25, 0.3) is 0 Å². The molecule has 0 aliphatic rings. The van der Waals surface area contributed by atoms with Crippen molar-refractivity contribution in [2.45, 2.75) is 19.9 Å². The molecule has 15 heavy (non-hydrogen) atoms. The fourth-order valence-corrected chi connectivity index (χ4v) is 1.55. The minimum atomic E-state index is -0.202. The van der Waals surface area contributed by atoms with Gasteiger partial charge in [0.1, 0.15) is 5.82 Å². The van der Waals surface area contributed by atoms with Crippen molar-refractivity contribution in [3.05, 3.63) is 39.6 Å². The summed E-state index contributed by atoms with van der Waals surface area (Å²) in [6.45, 7) is 4.03. The van der Waals surface area contributed by atoms with E-state index in [4.69, 9.17) is 0 Å². The lowest BCUT2D eigenvalue weighted by Gasteiger charge is -2.10. The Kier molecular flexibility index (Phi) is 4.48. The van der Waals surface area contributed by atoms with E-state index in [2.05, 4.69) is 21.2 Å². The monoisotopic (exact) mass is 271 g/mol. The van der Waals surface area contributed by atoms with E-state index in [1.54, 1.807) is 6.07 Å². The second kappa shape index (κ2) is 5.42. The first-order valence-electron chi connectivity index (χ1n) is 4.85. The quantitative estimate of drug-likeness (QED) is 0.886. The summed E-state index contributed by atoms with van der Waals surface area (Å²) in [5.74, 6) is -0.202. The van der Waals surface area contributed by atoms with Crippen molar-refractivity contribution in [1.29, 1.82) is 0 Å². The van der Waals surface area contributed by atoms with E-state index in [-0.39, 0.29) is 11.9 Å². The van der Waals surface area contributed by atoms with Gasteiger partial charge >= 0.3 is 0 Å². The summed E-state index contributed by atoms with van der Waals surface area (Å²) >= 11 is 3.23. The number of nitrogens with one attached hydrogen (secondary N) is 1. The third-order valence-electron chi connectivity index (χ3n) is 2.46. The molecule has 0 bridgehead atoms. The van der Waals surface area contributed by atoms with Gasteiger partial charge in [-0.25, -0.2) is 4.39 Å². The minimum absolute atomic E-state index is 0.202. The zero-order chi connectivity index (χ0) is 11.4. The van der Waals surface area contributed by atoms with Crippen LogP contribution in [0.2, 0.25) is 0 Å². The highest BCUT2D eigenvalue weighted by Gasteiger charge is 2.03. The average molecular weight is 272 g/mol. The predicted molar refractivity (Wildman–Crippen MR) is 66.3 cm³/mol. The molecule has 82 valence electrons. The highest BCUT2D eigenvalue weighted by molar-refractivity contribution is 9.10. The number of hydrogen-bond donors (Lipinski definition) is 1. The number of benzene rings is 1. The molecule has 1 aromatic rings. The lowest BCUT2D eigenvalue weighted by Crippen LogP contribution is -2.22. The first kappa shape index (κ1) is 12.4. The summed E-state index contributed by atoms with van der Waals surface area (Å²) in [5.41, 5.74) is 1.73. The molecule has 0 heterocycles. The Morgan fingerprint density at radius 1 is 1.53 bits per heavy atom. The van der Waals surface area contributed by atoms with Crippen LogP contribution in [-0.2, 0) is 0 Å². The van der Waals surface area contributed by atoms with Gasteiger partial charge in [0, 0.05) is 16.1 Å². The summed E-state index contributed by atoms with van der Waals surface area (Å²) < 4.78 is 14.2. The molecule has 0 aliphatic carbocycles. The second-order valence-corrected chi connectivity index (χ2v) is 4.48. The Morgan fingerprint density at radius 3 is 2.73 bits per heavy atom. The van der Waals surface area contributed by atoms with Crippen molar-refractivity contribution in [3.8, 4) is 0 Å². The molecule has 1 rings (SSSR count). The Balaban J connectivity index is 2.98. The van der Waals surface area contributed by atoms with Crippen molar-refractivity contribution in [2.24, 2.45) is 0 Å². The predicted octanol–water partition coefficient (Wildman–Crippen LogP) is 3.60. The van der Waals surface area contributed by atoms with Gasteiger partial charge in [-0.05, 0) is 33.0 Å². The van der Waals surface area contributed by atoms with Crippen molar-refractivity contribution in [1.82, 2.24) is 5.32 Å². The molecule has 0 spiro atoms. The molecule has 1 atom stereocenters. The van der Waals surface area contributed by atoms with Crippen LogP contribution in [0.15, 0.2) is 28.2 Å². The summed E-state index contributed by atoms with van der Waals surface area (Å²) in [6.07, 6.45) is 1.86. The number of rotatable bonds is 3. The Morgan fingerprint density at radius 2 is 2.20 bits per heavy atom. The SMILES string of the molecule is CNC(C)/C(C)=C/c1ccc(Br)cc1F. The maximum Gasteiger partial charge on any atom is 0.131 e. The van der Waals surface area contributed by atoms with Gasteiger partial charge in [0.15, 0.2) is 0 Å². The third kappa shape index (κ3) is 3.43. The first-order chi connectivity index (χ1) is 7.04. The maximum absolute atomic E-state index is 13.5. The van der Waals surface area contributed by atoms with Crippen LogP contribution in [0.4, 0.5) is 4.39 Å². The van der Waals surface area contributed by atoms with E-state index in [0.29, 0.717) is 5.56 Å². The topological polar surface area (TPSA) is 12.0 Å². The maximum atomic E-state index is 13.5. The van der Waals surface area contributed by atoms with Crippen molar-refractivity contribution in [2.75, 3.05) is 7.05 Å². The van der Waals surface area contributed by atoms with Crippen LogP contribution in [0.25, 0.3) is 6.08 Å². The van der Waals surface area contributed by atoms with Gasteiger partial charge in [-0.3, -0.25) is 0 Å². The molecule has 0 saturated carbocycles. The average Bonchev–Trinajstić information content (AvgIpc) is 2.20. The van der Waals surface area contributed by atoms with Crippen LogP contribution in [0.1, 0.15) is 19.4 Å². The second-order valence-electron chi connectivity index (χ2n) is 3.56. The Labute approximate surface area is 98.5 Å². The standard InChI is InChI=1S/C12H15BrFN/c1-8(9(2)15-3)6-10-4-5-11(13)7-12(10)14/h4-7,9,15H,1-3H3/b8-6+. The highest BCUT2D eigenvalue weighted by atomic mass is 79.9. The molecule has 0 saturated heterocycles. The van der Waals surface area contributed by atoms with E-state index >= 15 is 0 Å². The van der Waals surface area contributed by atoms with Gasteiger partial charge in [0.05, 0.1) is 0 Å². The molecule has 0 radical (unpaired) electrons. The van der Waals surface area contributed by atoms with Crippen LogP contribution >= 0.6 is 15.9 Å². The van der Waals surface area contributed by atoms with E-state index in [1.165, 1.54) is 6.07 Å². The molecule has 3 heteroatoms. The molecule has 1 aromatic carbocycles. The third-order valence-corrected chi connectivity index (χ3v) is 2.95. The highest BCUT2D eigenvalue weighted by Crippen LogP contribution is 2.18. The van der Waals surface area contributed by atoms with Crippen molar-refractivity contribution >= 4 is 22.0 Å². The van der Waals surface area contributed by atoms with Crippen LogP contribution < -0.4 is 5.32 Å². The van der Waals surface area contributed by atoms with Crippen LogP contribution in [-0.4, -0.2) is 13.1 Å². The Hall–Kier alpha value is -0.670. The molecule has 0 aromatic heterocycles. The largest absolute Gasteiger partial charge is 0.314 e. The van der Waals surface area contributed by atoms with Crippen LogP contribution in [0, 0.1) is 5.82 Å². The summed E-state index contributed by atoms with van der Waals surface area (Å²) in [5, 5.41) is 3.12. The summed E-state index contributed by atoms with van der Waals surface area (Å²) in [4.78, 5) is 0. The van der Waals surface area contributed by atoms with Crippen molar-refractivity contribution in [3.63, 3.8) is 0 Å². The van der Waals surface area contributed by atoms with Gasteiger partial charge in [0.2, 0.25) is 0 Å². The fourth-order valence-electron chi connectivity index (χ4n) is 1.22. The van der Waals surface area contributed by atoms with E-state index < -0.39 is 0 Å². The normalized spacial score (nSPS) is 14.1. The van der Waals surface area contributed by atoms with Gasteiger partial charge < -0.3 is 5.32 Å². The minimum Gasteiger partial charge on any atom is -0.314 e. The van der Waals surface area contributed by atoms with E-state index in [9.17, 15) is 4.39 Å². The fraction of sp³-hybridized carbons (Fsp3) is 0.333. The van der Waals surface area contributed by atoms with E-state index in [0.717, 1.165) is 10.0 Å². The smallest absolute Gasteiger partial charge is 0.131 e. The van der Waals surface area contributed by atoms with Gasteiger partial charge in [-0.15, -0.1) is 0 Å². The lowest BCUT2D eigenvalue weighted by molar-refractivity contribution is 0.623. The van der Waals surface area contributed by atoms with Gasteiger partial charge in [-0.1, -0.05) is 33.6 Å². The lowest BCUT2D eigenvalue weighted by atomic mass is 10.1. The van der Waals surface area contributed by atoms with Crippen LogP contribution in [0.3, 0.4) is 0 Å². The summed E-state index contributed by atoms with van der Waals surface area (Å²) in [7, 11) is 1.89. The molecular formula is C12H15BrFN. The number of hydrogen-bond acceptors (Lipinski definition) is 1.